The van der Waals surface area contributed by atoms with Gasteiger partial charge < -0.3 is 10.6 Å². The van der Waals surface area contributed by atoms with Crippen LogP contribution >= 0.6 is 0 Å². The zero-order valence-corrected chi connectivity index (χ0v) is 11.7. The molecule has 1 saturated carbocycles. The van der Waals surface area contributed by atoms with E-state index in [-0.39, 0.29) is 5.91 Å². The van der Waals surface area contributed by atoms with Gasteiger partial charge in [0.15, 0.2) is 0 Å². The standard InChI is InChI=1S/C16H19N3O/c1-2-9-19(11-7-8-11)16(20)14-10-18-15(17)13-6-4-3-5-12(13)14/h3-6,10-11H,2,7-9H2,1H3,(H2,17,18). The number of hydrogen-bond donors (Lipinski definition) is 1. The molecule has 0 saturated heterocycles. The Bertz CT molecular complexity index is 649. The Kier molecular flexibility index (Phi) is 3.30. The van der Waals surface area contributed by atoms with Crippen molar-refractivity contribution in [3.8, 4) is 0 Å². The van der Waals surface area contributed by atoms with Crippen molar-refractivity contribution in [3.05, 3.63) is 36.0 Å². The maximum Gasteiger partial charge on any atom is 0.256 e. The number of hydrogen-bond acceptors (Lipinski definition) is 3. The van der Waals surface area contributed by atoms with E-state index in [1.54, 1.807) is 6.20 Å². The zero-order chi connectivity index (χ0) is 14.1. The summed E-state index contributed by atoms with van der Waals surface area (Å²) < 4.78 is 0. The lowest BCUT2D eigenvalue weighted by molar-refractivity contribution is 0.0745. The Balaban J connectivity index is 2.05. The number of rotatable bonds is 4. The van der Waals surface area contributed by atoms with Crippen LogP contribution in [0.3, 0.4) is 0 Å². The van der Waals surface area contributed by atoms with Gasteiger partial charge in [-0.15, -0.1) is 0 Å². The highest BCUT2D eigenvalue weighted by atomic mass is 16.2. The van der Waals surface area contributed by atoms with Gasteiger partial charge in [-0.1, -0.05) is 31.2 Å². The first-order valence-corrected chi connectivity index (χ1v) is 7.16. The van der Waals surface area contributed by atoms with Crippen molar-refractivity contribution in [1.29, 1.82) is 0 Å². The average molecular weight is 269 g/mol. The van der Waals surface area contributed by atoms with Crippen molar-refractivity contribution in [1.82, 2.24) is 9.88 Å². The number of carbonyl (C=O) groups is 1. The second-order valence-electron chi connectivity index (χ2n) is 5.33. The fraction of sp³-hybridized carbons (Fsp3) is 0.375. The van der Waals surface area contributed by atoms with Gasteiger partial charge in [0.25, 0.3) is 5.91 Å². The van der Waals surface area contributed by atoms with E-state index in [1.165, 1.54) is 0 Å². The molecule has 20 heavy (non-hydrogen) atoms. The van der Waals surface area contributed by atoms with Gasteiger partial charge in [0.2, 0.25) is 0 Å². The van der Waals surface area contributed by atoms with Gasteiger partial charge >= 0.3 is 0 Å². The molecule has 3 rings (SSSR count). The van der Waals surface area contributed by atoms with Crippen molar-refractivity contribution >= 4 is 22.5 Å². The second-order valence-corrected chi connectivity index (χ2v) is 5.33. The highest BCUT2D eigenvalue weighted by molar-refractivity contribution is 6.09. The van der Waals surface area contributed by atoms with Crippen LogP contribution in [0.5, 0.6) is 0 Å². The molecule has 2 aromatic rings. The molecule has 2 N–H and O–H groups in total. The lowest BCUT2D eigenvalue weighted by Crippen LogP contribution is -2.34. The van der Waals surface area contributed by atoms with Crippen LogP contribution in [0, 0.1) is 0 Å². The predicted octanol–water partition coefficient (Wildman–Crippen LogP) is 2.83. The molecule has 1 aliphatic rings. The molecule has 0 spiro atoms. The van der Waals surface area contributed by atoms with E-state index in [0.29, 0.717) is 17.4 Å². The van der Waals surface area contributed by atoms with Gasteiger partial charge in [0.05, 0.1) is 5.56 Å². The van der Waals surface area contributed by atoms with Crippen molar-refractivity contribution in [2.75, 3.05) is 12.3 Å². The number of nitrogens with two attached hydrogens (primary N) is 1. The summed E-state index contributed by atoms with van der Waals surface area (Å²) in [5.41, 5.74) is 6.56. The number of anilines is 1. The topological polar surface area (TPSA) is 59.2 Å². The number of benzene rings is 1. The monoisotopic (exact) mass is 269 g/mol. The molecule has 1 aromatic heterocycles. The Morgan fingerprint density at radius 1 is 1.35 bits per heavy atom. The molecule has 1 aliphatic carbocycles. The fourth-order valence-electron chi connectivity index (χ4n) is 2.62. The van der Waals surface area contributed by atoms with E-state index in [2.05, 4.69) is 11.9 Å². The summed E-state index contributed by atoms with van der Waals surface area (Å²) in [6.45, 7) is 2.91. The molecule has 1 aromatic carbocycles. The van der Waals surface area contributed by atoms with Crippen LogP contribution in [0.1, 0.15) is 36.5 Å². The first kappa shape index (κ1) is 12.9. The molecule has 0 bridgehead atoms. The summed E-state index contributed by atoms with van der Waals surface area (Å²) in [6, 6.07) is 8.12. The minimum Gasteiger partial charge on any atom is -0.383 e. The third-order valence-corrected chi connectivity index (χ3v) is 3.77. The fourth-order valence-corrected chi connectivity index (χ4v) is 2.62. The Morgan fingerprint density at radius 2 is 2.05 bits per heavy atom. The minimum absolute atomic E-state index is 0.0815. The van der Waals surface area contributed by atoms with Crippen LogP contribution in [-0.2, 0) is 0 Å². The van der Waals surface area contributed by atoms with Crippen molar-refractivity contribution in [2.24, 2.45) is 0 Å². The summed E-state index contributed by atoms with van der Waals surface area (Å²) >= 11 is 0. The van der Waals surface area contributed by atoms with Crippen LogP contribution < -0.4 is 5.73 Å². The summed E-state index contributed by atoms with van der Waals surface area (Å²) in [5.74, 6) is 0.559. The summed E-state index contributed by atoms with van der Waals surface area (Å²) in [5, 5.41) is 1.75. The molecule has 0 unspecified atom stereocenters. The van der Waals surface area contributed by atoms with Gasteiger partial charge in [-0.25, -0.2) is 4.98 Å². The molecule has 0 atom stereocenters. The predicted molar refractivity (Wildman–Crippen MR) is 80.5 cm³/mol. The maximum absolute atomic E-state index is 12.8. The molecule has 4 nitrogen and oxygen atoms in total. The number of carbonyl (C=O) groups excluding carboxylic acids is 1. The number of amides is 1. The quantitative estimate of drug-likeness (QED) is 0.928. The van der Waals surface area contributed by atoms with Gasteiger partial charge in [0.1, 0.15) is 5.82 Å². The van der Waals surface area contributed by atoms with E-state index < -0.39 is 0 Å². The van der Waals surface area contributed by atoms with Crippen molar-refractivity contribution in [2.45, 2.75) is 32.2 Å². The molecular formula is C16H19N3O. The second kappa shape index (κ2) is 5.12. The number of nitrogens with zero attached hydrogens (tertiary/aromatic N) is 2. The minimum atomic E-state index is 0.0815. The molecule has 0 aliphatic heterocycles. The molecule has 1 heterocycles. The van der Waals surface area contributed by atoms with Gasteiger partial charge in [-0.3, -0.25) is 4.79 Å². The third-order valence-electron chi connectivity index (χ3n) is 3.77. The van der Waals surface area contributed by atoms with Gasteiger partial charge in [0, 0.05) is 24.2 Å². The molecular weight excluding hydrogens is 250 g/mol. The summed E-state index contributed by atoms with van der Waals surface area (Å²) in [6.07, 6.45) is 4.83. The smallest absolute Gasteiger partial charge is 0.256 e. The van der Waals surface area contributed by atoms with E-state index in [4.69, 9.17) is 5.73 Å². The number of nitrogen functional groups attached to an aromatic ring is 1. The Hall–Kier alpha value is -2.10. The normalized spacial score (nSPS) is 14.4. The Labute approximate surface area is 118 Å². The Morgan fingerprint density at radius 3 is 2.70 bits per heavy atom. The average Bonchev–Trinajstić information content (AvgIpc) is 3.29. The van der Waals surface area contributed by atoms with Crippen LogP contribution in [0.15, 0.2) is 30.5 Å². The lowest BCUT2D eigenvalue weighted by Gasteiger charge is -2.22. The van der Waals surface area contributed by atoms with Crippen molar-refractivity contribution in [3.63, 3.8) is 0 Å². The highest BCUT2D eigenvalue weighted by Gasteiger charge is 2.33. The van der Waals surface area contributed by atoms with E-state index in [9.17, 15) is 4.79 Å². The van der Waals surface area contributed by atoms with Gasteiger partial charge in [-0.2, -0.15) is 0 Å². The maximum atomic E-state index is 12.8. The summed E-state index contributed by atoms with van der Waals surface area (Å²) in [7, 11) is 0. The number of pyridine rings is 1. The first-order valence-electron chi connectivity index (χ1n) is 7.16. The lowest BCUT2D eigenvalue weighted by atomic mass is 10.1. The van der Waals surface area contributed by atoms with Crippen LogP contribution in [0.2, 0.25) is 0 Å². The molecule has 1 amide bonds. The van der Waals surface area contributed by atoms with Gasteiger partial charge in [-0.05, 0) is 24.6 Å². The van der Waals surface area contributed by atoms with E-state index in [1.807, 2.05) is 29.2 Å². The third kappa shape index (κ3) is 2.22. The first-order chi connectivity index (χ1) is 9.72. The van der Waals surface area contributed by atoms with Crippen molar-refractivity contribution < 1.29 is 4.79 Å². The number of fused-ring (bicyclic) bond motifs is 1. The SMILES string of the molecule is CCCN(C(=O)c1cnc(N)c2ccccc12)C1CC1. The van der Waals surface area contributed by atoms with E-state index >= 15 is 0 Å². The van der Waals surface area contributed by atoms with E-state index in [0.717, 1.165) is 36.6 Å². The van der Waals surface area contributed by atoms with Crippen LogP contribution in [-0.4, -0.2) is 28.4 Å². The van der Waals surface area contributed by atoms with Crippen LogP contribution in [0.25, 0.3) is 10.8 Å². The van der Waals surface area contributed by atoms with Crippen LogP contribution in [0.4, 0.5) is 5.82 Å². The summed E-state index contributed by atoms with van der Waals surface area (Å²) in [4.78, 5) is 19.0. The molecule has 1 fully saturated rings. The largest absolute Gasteiger partial charge is 0.383 e. The highest BCUT2D eigenvalue weighted by Crippen LogP contribution is 2.30. The number of aromatic nitrogens is 1. The zero-order valence-electron chi connectivity index (χ0n) is 11.7. The molecule has 0 radical (unpaired) electrons. The molecule has 4 heteroatoms. The molecule has 104 valence electrons.